The first kappa shape index (κ1) is 18.8. The van der Waals surface area contributed by atoms with Crippen LogP contribution in [-0.4, -0.2) is 23.3 Å². The second-order valence-electron chi connectivity index (χ2n) is 9.74. The standard InChI is InChI=1S/C24H29ClO3/c1-22(2)20(26)21-24(28-23(22,3)27-21)17(14-15-8-12-18(25)13-9-15)11-10-16-6-4-5-7-19(16)24/h8-9,12-14,16,19,21H,4-7,10-11H2,1-3H3/b17-14+/t16-,19-,21-,23-,24?/m0/s1. The van der Waals surface area contributed by atoms with Gasteiger partial charge in [-0.3, -0.25) is 4.79 Å². The molecule has 1 unspecified atom stereocenters. The molecule has 2 aliphatic heterocycles. The minimum Gasteiger partial charge on any atom is -0.335 e. The van der Waals surface area contributed by atoms with Gasteiger partial charge in [0.15, 0.2) is 17.7 Å². The Kier molecular flexibility index (Phi) is 4.15. The summed E-state index contributed by atoms with van der Waals surface area (Å²) in [6.45, 7) is 5.89. The van der Waals surface area contributed by atoms with Crippen molar-refractivity contribution in [3.63, 3.8) is 0 Å². The van der Waals surface area contributed by atoms with Crippen LogP contribution >= 0.6 is 11.6 Å². The Morgan fingerprint density at radius 1 is 1.07 bits per heavy atom. The van der Waals surface area contributed by atoms with Crippen LogP contribution in [0.3, 0.4) is 0 Å². The van der Waals surface area contributed by atoms with Crippen LogP contribution < -0.4 is 0 Å². The molecule has 28 heavy (non-hydrogen) atoms. The first-order chi connectivity index (χ1) is 13.3. The number of Topliss-reactive ketones (excluding diaryl/α,β-unsaturated/α-hetero) is 1. The Hall–Kier alpha value is -1.16. The van der Waals surface area contributed by atoms with Crippen molar-refractivity contribution in [3.05, 3.63) is 40.4 Å². The average Bonchev–Trinajstić information content (AvgIpc) is 3.08. The third-order valence-electron chi connectivity index (χ3n) is 8.04. The SMILES string of the molecule is CC1(C)C(=O)[C@@H]2O[C@@]1(C)OC21/C(=C/c2ccc(Cl)cc2)CC[C@@H]2CCCC[C@@H]21. The smallest absolute Gasteiger partial charge is 0.179 e. The van der Waals surface area contributed by atoms with Crippen LogP contribution in [0, 0.1) is 17.3 Å². The van der Waals surface area contributed by atoms with Crippen molar-refractivity contribution in [3.8, 4) is 0 Å². The van der Waals surface area contributed by atoms with E-state index in [-0.39, 0.29) is 5.78 Å². The maximum absolute atomic E-state index is 13.4. The molecule has 4 heteroatoms. The van der Waals surface area contributed by atoms with Crippen LogP contribution in [0.15, 0.2) is 29.8 Å². The van der Waals surface area contributed by atoms with E-state index < -0.39 is 22.9 Å². The summed E-state index contributed by atoms with van der Waals surface area (Å²) in [5.41, 5.74) is 1.12. The van der Waals surface area contributed by atoms with Gasteiger partial charge in [-0.1, -0.05) is 49.1 Å². The summed E-state index contributed by atoms with van der Waals surface area (Å²) in [7, 11) is 0. The Morgan fingerprint density at radius 3 is 2.46 bits per heavy atom. The first-order valence-corrected chi connectivity index (χ1v) is 11.0. The fraction of sp³-hybridized carbons (Fsp3) is 0.625. The highest BCUT2D eigenvalue weighted by molar-refractivity contribution is 6.30. The van der Waals surface area contributed by atoms with Crippen LogP contribution in [0.4, 0.5) is 0 Å². The van der Waals surface area contributed by atoms with Gasteiger partial charge >= 0.3 is 0 Å². The van der Waals surface area contributed by atoms with E-state index in [4.69, 9.17) is 21.1 Å². The van der Waals surface area contributed by atoms with Crippen LogP contribution in [0.5, 0.6) is 0 Å². The highest BCUT2D eigenvalue weighted by atomic mass is 35.5. The number of ether oxygens (including phenoxy) is 2. The predicted molar refractivity (Wildman–Crippen MR) is 110 cm³/mol. The lowest BCUT2D eigenvalue weighted by molar-refractivity contribution is -0.232. The molecule has 0 amide bonds. The van der Waals surface area contributed by atoms with E-state index in [1.807, 2.05) is 45.0 Å². The molecular formula is C24H29ClO3. The van der Waals surface area contributed by atoms with Crippen LogP contribution in [0.1, 0.15) is 64.9 Å². The molecule has 2 heterocycles. The molecule has 1 spiro atoms. The summed E-state index contributed by atoms with van der Waals surface area (Å²) in [5.74, 6) is 0.334. The minimum atomic E-state index is -0.854. The van der Waals surface area contributed by atoms with Gasteiger partial charge in [-0.05, 0) is 75.1 Å². The zero-order valence-corrected chi connectivity index (χ0v) is 17.7. The lowest BCUT2D eigenvalue weighted by Crippen LogP contribution is -2.63. The topological polar surface area (TPSA) is 35.5 Å². The molecule has 0 N–H and O–H groups in total. The molecule has 3 nitrogen and oxygen atoms in total. The largest absolute Gasteiger partial charge is 0.335 e. The van der Waals surface area contributed by atoms with Crippen molar-refractivity contribution >= 4 is 23.5 Å². The van der Waals surface area contributed by atoms with Crippen molar-refractivity contribution in [2.75, 3.05) is 0 Å². The fourth-order valence-electron chi connectivity index (χ4n) is 6.13. The highest BCUT2D eigenvalue weighted by Crippen LogP contribution is 2.64. The summed E-state index contributed by atoms with van der Waals surface area (Å²) in [6, 6.07) is 7.91. The zero-order chi connectivity index (χ0) is 19.7. The monoisotopic (exact) mass is 400 g/mol. The predicted octanol–water partition coefficient (Wildman–Crippen LogP) is 5.80. The van der Waals surface area contributed by atoms with Crippen molar-refractivity contribution in [2.45, 2.75) is 76.8 Å². The number of carbonyl (C=O) groups excluding carboxylic acids is 1. The van der Waals surface area contributed by atoms with E-state index in [0.717, 1.165) is 23.4 Å². The van der Waals surface area contributed by atoms with E-state index in [9.17, 15) is 4.79 Å². The molecule has 5 rings (SSSR count). The molecule has 2 bridgehead atoms. The Morgan fingerprint density at radius 2 is 1.79 bits per heavy atom. The van der Waals surface area contributed by atoms with Gasteiger partial charge < -0.3 is 9.47 Å². The van der Waals surface area contributed by atoms with Gasteiger partial charge in [0, 0.05) is 5.02 Å². The first-order valence-electron chi connectivity index (χ1n) is 10.7. The number of hydrogen-bond donors (Lipinski definition) is 0. The van der Waals surface area contributed by atoms with E-state index in [0.29, 0.717) is 11.8 Å². The number of hydrogen-bond acceptors (Lipinski definition) is 3. The van der Waals surface area contributed by atoms with E-state index in [2.05, 4.69) is 6.08 Å². The Balaban J connectivity index is 1.64. The van der Waals surface area contributed by atoms with Gasteiger partial charge in [-0.2, -0.15) is 0 Å². The molecule has 0 aromatic heterocycles. The molecule has 0 radical (unpaired) electrons. The van der Waals surface area contributed by atoms with Gasteiger partial charge in [0.05, 0.1) is 5.41 Å². The molecule has 150 valence electrons. The van der Waals surface area contributed by atoms with Gasteiger partial charge in [0.2, 0.25) is 0 Å². The molecule has 4 fully saturated rings. The second-order valence-corrected chi connectivity index (χ2v) is 10.2. The number of ketones is 1. The van der Waals surface area contributed by atoms with E-state index in [1.54, 1.807) is 0 Å². The van der Waals surface area contributed by atoms with Crippen LogP contribution in [-0.2, 0) is 14.3 Å². The normalized spacial score (nSPS) is 42.9. The maximum atomic E-state index is 13.4. The molecule has 5 atom stereocenters. The van der Waals surface area contributed by atoms with Crippen molar-refractivity contribution in [1.82, 2.24) is 0 Å². The molecule has 4 aliphatic rings. The van der Waals surface area contributed by atoms with Gasteiger partial charge in [-0.25, -0.2) is 0 Å². The maximum Gasteiger partial charge on any atom is 0.179 e. The summed E-state index contributed by atoms with van der Waals surface area (Å²) < 4.78 is 13.3. The summed E-state index contributed by atoms with van der Waals surface area (Å²) in [6.07, 6.45) is 8.74. The summed E-state index contributed by atoms with van der Waals surface area (Å²) in [4.78, 5) is 13.4. The zero-order valence-electron chi connectivity index (χ0n) is 17.0. The van der Waals surface area contributed by atoms with Gasteiger partial charge in [-0.15, -0.1) is 0 Å². The van der Waals surface area contributed by atoms with Crippen molar-refractivity contribution < 1.29 is 14.3 Å². The average molecular weight is 401 g/mol. The van der Waals surface area contributed by atoms with E-state index >= 15 is 0 Å². The van der Waals surface area contributed by atoms with E-state index in [1.165, 1.54) is 31.3 Å². The molecule has 2 aliphatic carbocycles. The van der Waals surface area contributed by atoms with Crippen LogP contribution in [0.25, 0.3) is 6.08 Å². The lowest BCUT2D eigenvalue weighted by atomic mass is 9.56. The number of rotatable bonds is 1. The van der Waals surface area contributed by atoms with Gasteiger partial charge in [0.25, 0.3) is 0 Å². The number of carbonyl (C=O) groups is 1. The third kappa shape index (κ3) is 2.39. The van der Waals surface area contributed by atoms with Crippen LogP contribution in [0.2, 0.25) is 5.02 Å². The fourth-order valence-corrected chi connectivity index (χ4v) is 6.25. The molecule has 1 aromatic carbocycles. The lowest BCUT2D eigenvalue weighted by Gasteiger charge is -2.54. The Bertz CT molecular complexity index is 842. The molecule has 1 aromatic rings. The summed E-state index contributed by atoms with van der Waals surface area (Å²) in [5, 5.41) is 0.733. The number of fused-ring (bicyclic) bond motifs is 5. The highest BCUT2D eigenvalue weighted by Gasteiger charge is 2.76. The molecule has 2 saturated carbocycles. The Labute approximate surface area is 172 Å². The van der Waals surface area contributed by atoms with Gasteiger partial charge in [0.1, 0.15) is 5.60 Å². The number of halogens is 1. The number of benzene rings is 1. The third-order valence-corrected chi connectivity index (χ3v) is 8.29. The quantitative estimate of drug-likeness (QED) is 0.597. The molecule has 2 saturated heterocycles. The van der Waals surface area contributed by atoms with Crippen molar-refractivity contribution in [2.24, 2.45) is 17.3 Å². The second kappa shape index (κ2) is 6.17. The minimum absolute atomic E-state index is 0.203. The van der Waals surface area contributed by atoms with Crippen molar-refractivity contribution in [1.29, 1.82) is 0 Å². The molecular weight excluding hydrogens is 372 g/mol. The summed E-state index contributed by atoms with van der Waals surface area (Å²) >= 11 is 6.08.